The Balaban J connectivity index is 1.88. The Labute approximate surface area is 201 Å². The molecule has 0 aliphatic heterocycles. The molecule has 176 valence electrons. The van der Waals surface area contributed by atoms with Crippen molar-refractivity contribution in [2.24, 2.45) is 0 Å². The van der Waals surface area contributed by atoms with Gasteiger partial charge >= 0.3 is 0 Å². The highest BCUT2D eigenvalue weighted by atomic mass is 19.1. The maximum atomic E-state index is 15.1. The number of carbonyl (C=O) groups is 2. The Hall–Kier alpha value is -4.46. The van der Waals surface area contributed by atoms with E-state index >= 15 is 4.39 Å². The van der Waals surface area contributed by atoms with Gasteiger partial charge in [-0.15, -0.1) is 0 Å². The molecule has 4 aromatic rings. The largest absolute Gasteiger partial charge is 0.324 e. The molecule has 3 aromatic carbocycles. The smallest absolute Gasteiger partial charge is 0.279 e. The molecule has 4 rings (SSSR count). The summed E-state index contributed by atoms with van der Waals surface area (Å²) in [6.07, 6.45) is 4.07. The summed E-state index contributed by atoms with van der Waals surface area (Å²) in [4.78, 5) is 36.7. The van der Waals surface area contributed by atoms with E-state index in [-0.39, 0.29) is 11.3 Å². The first kappa shape index (κ1) is 23.7. The van der Waals surface area contributed by atoms with E-state index in [4.69, 9.17) is 0 Å². The van der Waals surface area contributed by atoms with Gasteiger partial charge in [-0.3, -0.25) is 19.5 Å². The molecule has 0 spiro atoms. The van der Waals surface area contributed by atoms with E-state index < -0.39 is 29.5 Å². The number of nitrogens with zero attached hydrogens (tertiary/aromatic N) is 3. The first-order chi connectivity index (χ1) is 16.8. The van der Waals surface area contributed by atoms with Crippen molar-refractivity contribution in [3.63, 3.8) is 0 Å². The number of halogens is 2. The van der Waals surface area contributed by atoms with Crippen molar-refractivity contribution >= 4 is 23.2 Å². The van der Waals surface area contributed by atoms with Gasteiger partial charge in [0.1, 0.15) is 23.4 Å². The molecule has 0 aliphatic rings. The monoisotopic (exact) mass is 472 g/mol. The average molecular weight is 472 g/mol. The van der Waals surface area contributed by atoms with Gasteiger partial charge in [-0.05, 0) is 67.4 Å². The van der Waals surface area contributed by atoms with E-state index in [1.165, 1.54) is 66.0 Å². The molecular formula is C27H22F2N4O2. The highest BCUT2D eigenvalue weighted by molar-refractivity contribution is 6.11. The Morgan fingerprint density at radius 3 is 2.31 bits per heavy atom. The predicted octanol–water partition coefficient (Wildman–Crippen LogP) is 5.40. The van der Waals surface area contributed by atoms with Crippen LogP contribution in [0.3, 0.4) is 0 Å². The quantitative estimate of drug-likeness (QED) is 0.408. The van der Waals surface area contributed by atoms with Crippen molar-refractivity contribution in [3.05, 3.63) is 119 Å². The molecular weight excluding hydrogens is 450 g/mol. The minimum atomic E-state index is -1.40. The van der Waals surface area contributed by atoms with Crippen molar-refractivity contribution in [3.8, 4) is 0 Å². The van der Waals surface area contributed by atoms with Crippen LogP contribution in [0.25, 0.3) is 0 Å². The first-order valence-electron chi connectivity index (χ1n) is 10.8. The lowest BCUT2D eigenvalue weighted by molar-refractivity contribution is -0.117. The van der Waals surface area contributed by atoms with Gasteiger partial charge in [0.2, 0.25) is 0 Å². The number of aryl methyl sites for hydroxylation is 2. The van der Waals surface area contributed by atoms with E-state index in [1.807, 2.05) is 19.9 Å². The van der Waals surface area contributed by atoms with E-state index in [9.17, 15) is 14.0 Å². The van der Waals surface area contributed by atoms with Crippen molar-refractivity contribution in [2.45, 2.75) is 19.9 Å². The number of hydrogen-bond acceptors (Lipinski definition) is 4. The molecule has 35 heavy (non-hydrogen) atoms. The molecule has 0 bridgehead atoms. The zero-order chi connectivity index (χ0) is 24.9. The van der Waals surface area contributed by atoms with Gasteiger partial charge in [-0.25, -0.2) is 13.8 Å². The molecule has 0 saturated carbocycles. The number of amides is 2. The molecule has 0 unspecified atom stereocenters. The maximum Gasteiger partial charge on any atom is 0.279 e. The lowest BCUT2D eigenvalue weighted by Gasteiger charge is -2.31. The Kier molecular flexibility index (Phi) is 6.91. The second kappa shape index (κ2) is 10.2. The summed E-state index contributed by atoms with van der Waals surface area (Å²) < 4.78 is 28.5. The third kappa shape index (κ3) is 5.22. The Bertz CT molecular complexity index is 1360. The zero-order valence-electron chi connectivity index (χ0n) is 19.1. The van der Waals surface area contributed by atoms with Crippen molar-refractivity contribution in [1.82, 2.24) is 9.97 Å². The molecule has 2 amide bonds. The predicted molar refractivity (Wildman–Crippen MR) is 129 cm³/mol. The summed E-state index contributed by atoms with van der Waals surface area (Å²) in [5.41, 5.74) is 2.52. The highest BCUT2D eigenvalue weighted by Crippen LogP contribution is 2.33. The SMILES string of the molecule is Cc1ccc(N(C(=O)c2cnccn2)[C@H](C(=O)Nc2ccc(F)cc2)c2ccccc2F)cc1C. The molecule has 1 heterocycles. The van der Waals surface area contributed by atoms with Crippen molar-refractivity contribution in [1.29, 1.82) is 0 Å². The number of aromatic nitrogens is 2. The number of benzene rings is 3. The normalized spacial score (nSPS) is 11.5. The molecule has 0 saturated heterocycles. The minimum Gasteiger partial charge on any atom is -0.324 e. The zero-order valence-corrected chi connectivity index (χ0v) is 19.1. The van der Waals surface area contributed by atoms with Gasteiger partial charge < -0.3 is 5.32 Å². The summed E-state index contributed by atoms with van der Waals surface area (Å²) in [5.74, 6) is -2.45. The van der Waals surface area contributed by atoms with Gasteiger partial charge in [-0.1, -0.05) is 24.3 Å². The van der Waals surface area contributed by atoms with Crippen LogP contribution >= 0.6 is 0 Å². The van der Waals surface area contributed by atoms with Crippen LogP contribution in [0.4, 0.5) is 20.2 Å². The molecule has 1 atom stereocenters. The fraction of sp³-hybridized carbons (Fsp3) is 0.111. The maximum absolute atomic E-state index is 15.1. The van der Waals surface area contributed by atoms with Crippen molar-refractivity contribution < 1.29 is 18.4 Å². The van der Waals surface area contributed by atoms with Crippen LogP contribution in [-0.4, -0.2) is 21.8 Å². The number of hydrogen-bond donors (Lipinski definition) is 1. The Morgan fingerprint density at radius 2 is 1.66 bits per heavy atom. The molecule has 0 radical (unpaired) electrons. The van der Waals surface area contributed by atoms with Crippen LogP contribution in [0.15, 0.2) is 85.3 Å². The molecule has 8 heteroatoms. The molecule has 1 aromatic heterocycles. The summed E-state index contributed by atoms with van der Waals surface area (Å²) in [6, 6.07) is 14.8. The second-order valence-corrected chi connectivity index (χ2v) is 7.95. The number of rotatable bonds is 6. The van der Waals surface area contributed by atoms with Gasteiger partial charge in [0.05, 0.1) is 6.20 Å². The first-order valence-corrected chi connectivity index (χ1v) is 10.8. The van der Waals surface area contributed by atoms with Crippen LogP contribution < -0.4 is 10.2 Å². The van der Waals surface area contributed by atoms with E-state index in [0.717, 1.165) is 11.1 Å². The number of nitrogens with one attached hydrogen (secondary N) is 1. The lowest BCUT2D eigenvalue weighted by Crippen LogP contribution is -2.42. The summed E-state index contributed by atoms with van der Waals surface area (Å²) in [5, 5.41) is 2.68. The van der Waals surface area contributed by atoms with E-state index in [1.54, 1.807) is 18.2 Å². The number of carbonyl (C=O) groups excluding carboxylic acids is 2. The topological polar surface area (TPSA) is 75.2 Å². The van der Waals surface area contributed by atoms with Crippen LogP contribution in [0.5, 0.6) is 0 Å². The third-order valence-electron chi connectivity index (χ3n) is 5.59. The van der Waals surface area contributed by atoms with Gasteiger partial charge in [0.15, 0.2) is 0 Å². The average Bonchev–Trinajstić information content (AvgIpc) is 2.86. The molecule has 0 fully saturated rings. The molecule has 0 aliphatic carbocycles. The van der Waals surface area contributed by atoms with E-state index in [0.29, 0.717) is 11.4 Å². The fourth-order valence-electron chi connectivity index (χ4n) is 3.63. The van der Waals surface area contributed by atoms with Crippen LogP contribution in [-0.2, 0) is 4.79 Å². The van der Waals surface area contributed by atoms with Crippen LogP contribution in [0.2, 0.25) is 0 Å². The van der Waals surface area contributed by atoms with E-state index in [2.05, 4.69) is 15.3 Å². The molecule has 6 nitrogen and oxygen atoms in total. The standard InChI is InChI=1S/C27H22F2N4O2/c1-17-7-12-21(15-18(17)2)33(27(35)24-16-30-13-14-31-24)25(22-5-3-4-6-23(22)29)26(34)32-20-10-8-19(28)9-11-20/h3-16,25H,1-2H3,(H,32,34)/t25-/m0/s1. The lowest BCUT2D eigenvalue weighted by atomic mass is 10.0. The third-order valence-corrected chi connectivity index (χ3v) is 5.59. The summed E-state index contributed by atoms with van der Waals surface area (Å²) >= 11 is 0. The highest BCUT2D eigenvalue weighted by Gasteiger charge is 2.36. The number of anilines is 2. The van der Waals surface area contributed by atoms with Gasteiger partial charge in [-0.2, -0.15) is 0 Å². The Morgan fingerprint density at radius 1 is 0.914 bits per heavy atom. The second-order valence-electron chi connectivity index (χ2n) is 7.95. The summed E-state index contributed by atoms with van der Waals surface area (Å²) in [7, 11) is 0. The van der Waals surface area contributed by atoms with Gasteiger partial charge in [0.25, 0.3) is 11.8 Å². The summed E-state index contributed by atoms with van der Waals surface area (Å²) in [6.45, 7) is 3.80. The molecule has 1 N–H and O–H groups in total. The van der Waals surface area contributed by atoms with Crippen LogP contribution in [0, 0.1) is 25.5 Å². The fourth-order valence-corrected chi connectivity index (χ4v) is 3.63. The van der Waals surface area contributed by atoms with Crippen LogP contribution in [0.1, 0.15) is 33.2 Å². The van der Waals surface area contributed by atoms with Gasteiger partial charge in [0, 0.05) is 29.3 Å². The minimum absolute atomic E-state index is 0.0115. The van der Waals surface area contributed by atoms with Crippen molar-refractivity contribution in [2.75, 3.05) is 10.2 Å².